The van der Waals surface area contributed by atoms with Crippen LogP contribution in [0.25, 0.3) is 0 Å². The van der Waals surface area contributed by atoms with Crippen molar-refractivity contribution in [3.8, 4) is 0 Å². The van der Waals surface area contributed by atoms with Gasteiger partial charge in [0, 0.05) is 24.6 Å². The first-order valence-corrected chi connectivity index (χ1v) is 10.3. The molecule has 0 aliphatic rings. The van der Waals surface area contributed by atoms with Crippen LogP contribution in [0.4, 0.5) is 0 Å². The third-order valence-electron chi connectivity index (χ3n) is 2.78. The summed E-state index contributed by atoms with van der Waals surface area (Å²) in [5, 5.41) is 3.92. The molecule has 1 N–H and O–H groups in total. The van der Waals surface area contributed by atoms with Crippen molar-refractivity contribution in [1.82, 2.24) is 10.2 Å². The molecule has 1 amide bonds. The lowest BCUT2D eigenvalue weighted by Crippen LogP contribution is -2.26. The Kier molecular flexibility index (Phi) is 10.4. The van der Waals surface area contributed by atoms with Gasteiger partial charge in [0.05, 0.1) is 16.5 Å². The van der Waals surface area contributed by atoms with Gasteiger partial charge in [-0.2, -0.15) is 0 Å². The summed E-state index contributed by atoms with van der Waals surface area (Å²) in [5.74, 6) is 2.19. The van der Waals surface area contributed by atoms with E-state index in [9.17, 15) is 4.79 Å². The lowest BCUT2D eigenvalue weighted by molar-refractivity contribution is -0.120. The fourth-order valence-corrected chi connectivity index (χ4v) is 4.14. The minimum Gasteiger partial charge on any atom is -0.356 e. The Morgan fingerprint density at radius 2 is 1.91 bits per heavy atom. The first-order valence-electron chi connectivity index (χ1n) is 7.09. The molecule has 0 radical (unpaired) electrons. The predicted molar refractivity (Wildman–Crippen MR) is 101 cm³/mol. The highest BCUT2D eigenvalue weighted by molar-refractivity contribution is 8.76. The summed E-state index contributed by atoms with van der Waals surface area (Å²) in [6, 6.07) is 5.28. The average molecular weight is 381 g/mol. The second-order valence-electron chi connectivity index (χ2n) is 5.08. The number of carbonyl (C=O) groups is 1. The summed E-state index contributed by atoms with van der Waals surface area (Å²) in [5.41, 5.74) is 0.875. The van der Waals surface area contributed by atoms with Crippen LogP contribution < -0.4 is 5.32 Å². The van der Waals surface area contributed by atoms with Crippen LogP contribution in [0, 0.1) is 0 Å². The zero-order chi connectivity index (χ0) is 16.4. The number of nitrogens with one attached hydrogen (secondary N) is 1. The number of rotatable bonds is 10. The topological polar surface area (TPSA) is 32.3 Å². The number of halogens is 2. The van der Waals surface area contributed by atoms with Gasteiger partial charge in [0.15, 0.2) is 0 Å². The second-order valence-corrected chi connectivity index (χ2v) is 8.59. The molecule has 0 aromatic heterocycles. The predicted octanol–water partition coefficient (Wildman–Crippen LogP) is 3.99. The van der Waals surface area contributed by atoms with Crippen LogP contribution >= 0.6 is 44.8 Å². The molecule has 7 heteroatoms. The number of nitrogens with zero attached hydrogens (tertiary/aromatic N) is 1. The van der Waals surface area contributed by atoms with E-state index in [0.29, 0.717) is 23.0 Å². The smallest absolute Gasteiger partial charge is 0.224 e. The Bertz CT molecular complexity index is 473. The minimum atomic E-state index is 0.0173. The highest BCUT2D eigenvalue weighted by atomic mass is 35.5. The first-order chi connectivity index (χ1) is 10.5. The summed E-state index contributed by atoms with van der Waals surface area (Å²) in [4.78, 5) is 14.0. The molecule has 124 valence electrons. The molecule has 1 aromatic rings. The zero-order valence-corrected chi connectivity index (χ0v) is 16.0. The van der Waals surface area contributed by atoms with Crippen molar-refractivity contribution in [2.45, 2.75) is 12.8 Å². The summed E-state index contributed by atoms with van der Waals surface area (Å²) in [6.45, 7) is 1.81. The van der Waals surface area contributed by atoms with Gasteiger partial charge in [0.1, 0.15) is 0 Å². The molecule has 0 bridgehead atoms. The summed E-state index contributed by atoms with van der Waals surface area (Å²) >= 11 is 11.8. The fourth-order valence-electron chi connectivity index (χ4n) is 1.59. The molecule has 0 spiro atoms. The lowest BCUT2D eigenvalue weighted by Gasteiger charge is -2.08. The van der Waals surface area contributed by atoms with Crippen LogP contribution in [-0.2, 0) is 11.2 Å². The molecule has 0 unspecified atom stereocenters. The molecule has 0 heterocycles. The molecule has 0 atom stereocenters. The maximum atomic E-state index is 11.8. The van der Waals surface area contributed by atoms with Gasteiger partial charge >= 0.3 is 0 Å². The van der Waals surface area contributed by atoms with Gasteiger partial charge in [-0.25, -0.2) is 0 Å². The molecule has 0 saturated heterocycles. The molecule has 3 nitrogen and oxygen atoms in total. The molecule has 0 saturated carbocycles. The Hall–Kier alpha value is -0.0700. The van der Waals surface area contributed by atoms with Crippen LogP contribution in [0.3, 0.4) is 0 Å². The highest BCUT2D eigenvalue weighted by Gasteiger charge is 2.05. The van der Waals surface area contributed by atoms with Crippen molar-refractivity contribution in [2.24, 2.45) is 0 Å². The van der Waals surface area contributed by atoms with Crippen molar-refractivity contribution >= 4 is 50.7 Å². The Balaban J connectivity index is 2.07. The molecule has 0 fully saturated rings. The van der Waals surface area contributed by atoms with Crippen LogP contribution in [0.15, 0.2) is 18.2 Å². The SMILES string of the molecule is CN(C)CCSSCCCNC(=O)Cc1ccc(Cl)c(Cl)c1. The summed E-state index contributed by atoms with van der Waals surface area (Å²) in [7, 11) is 7.90. The van der Waals surface area contributed by atoms with Gasteiger partial charge in [-0.15, -0.1) is 0 Å². The Morgan fingerprint density at radius 3 is 2.59 bits per heavy atom. The summed E-state index contributed by atoms with van der Waals surface area (Å²) in [6.07, 6.45) is 1.31. The quantitative estimate of drug-likeness (QED) is 0.491. The Labute approximate surface area is 150 Å². The largest absolute Gasteiger partial charge is 0.356 e. The van der Waals surface area contributed by atoms with Crippen molar-refractivity contribution in [1.29, 1.82) is 0 Å². The standard InChI is InChI=1S/C15H22Cl2N2OS2/c1-19(2)7-9-22-21-8-3-6-18-15(20)11-12-4-5-13(16)14(17)10-12/h4-5,10H,3,6-9,11H2,1-2H3,(H,18,20). The van der Waals surface area contributed by atoms with Gasteiger partial charge < -0.3 is 10.2 Å². The van der Waals surface area contributed by atoms with Crippen LogP contribution in [0.5, 0.6) is 0 Å². The van der Waals surface area contributed by atoms with Crippen LogP contribution in [0.2, 0.25) is 10.0 Å². The van der Waals surface area contributed by atoms with Crippen molar-refractivity contribution < 1.29 is 4.79 Å². The van der Waals surface area contributed by atoms with Crippen LogP contribution in [-0.4, -0.2) is 49.5 Å². The molecule has 1 aromatic carbocycles. The fraction of sp³-hybridized carbons (Fsp3) is 0.533. The van der Waals surface area contributed by atoms with E-state index in [-0.39, 0.29) is 5.91 Å². The van der Waals surface area contributed by atoms with Gasteiger partial charge in [-0.3, -0.25) is 4.79 Å². The van der Waals surface area contributed by atoms with E-state index in [4.69, 9.17) is 23.2 Å². The van der Waals surface area contributed by atoms with E-state index in [0.717, 1.165) is 30.0 Å². The van der Waals surface area contributed by atoms with Gasteiger partial charge in [0.25, 0.3) is 0 Å². The van der Waals surface area contributed by atoms with E-state index in [2.05, 4.69) is 24.3 Å². The van der Waals surface area contributed by atoms with Gasteiger partial charge in [-0.05, 0) is 38.2 Å². The molecule has 22 heavy (non-hydrogen) atoms. The van der Waals surface area contributed by atoms with Crippen LogP contribution in [0.1, 0.15) is 12.0 Å². The highest BCUT2D eigenvalue weighted by Crippen LogP contribution is 2.23. The lowest BCUT2D eigenvalue weighted by atomic mass is 10.1. The number of hydrogen-bond donors (Lipinski definition) is 1. The minimum absolute atomic E-state index is 0.0173. The normalized spacial score (nSPS) is 11.0. The monoisotopic (exact) mass is 380 g/mol. The van der Waals surface area contributed by atoms with E-state index in [1.54, 1.807) is 12.1 Å². The average Bonchev–Trinajstić information content (AvgIpc) is 2.45. The van der Waals surface area contributed by atoms with Crippen molar-refractivity contribution in [3.63, 3.8) is 0 Å². The van der Waals surface area contributed by atoms with E-state index in [1.807, 2.05) is 27.7 Å². The molecule has 1 rings (SSSR count). The maximum Gasteiger partial charge on any atom is 0.224 e. The second kappa shape index (κ2) is 11.5. The Morgan fingerprint density at radius 1 is 1.18 bits per heavy atom. The van der Waals surface area contributed by atoms with Crippen molar-refractivity contribution in [2.75, 3.05) is 38.7 Å². The number of carbonyl (C=O) groups excluding carboxylic acids is 1. The third-order valence-corrected chi connectivity index (χ3v) is 5.99. The molecule has 0 aliphatic heterocycles. The number of amides is 1. The first kappa shape index (κ1) is 20.0. The van der Waals surface area contributed by atoms with Gasteiger partial charge in [-0.1, -0.05) is 50.9 Å². The van der Waals surface area contributed by atoms with E-state index >= 15 is 0 Å². The summed E-state index contributed by atoms with van der Waals surface area (Å²) < 4.78 is 0. The molecular formula is C15H22Cl2N2OS2. The molecular weight excluding hydrogens is 359 g/mol. The van der Waals surface area contributed by atoms with Crippen molar-refractivity contribution in [3.05, 3.63) is 33.8 Å². The maximum absolute atomic E-state index is 11.8. The van der Waals surface area contributed by atoms with E-state index in [1.165, 1.54) is 0 Å². The third kappa shape index (κ3) is 9.16. The van der Waals surface area contributed by atoms with Gasteiger partial charge in [0.2, 0.25) is 5.91 Å². The zero-order valence-electron chi connectivity index (χ0n) is 12.9. The van der Waals surface area contributed by atoms with E-state index < -0.39 is 0 Å². The number of benzene rings is 1. The number of hydrogen-bond acceptors (Lipinski definition) is 4. The molecule has 0 aliphatic carbocycles.